The van der Waals surface area contributed by atoms with Gasteiger partial charge in [-0.2, -0.15) is 0 Å². The molecule has 0 spiro atoms. The van der Waals surface area contributed by atoms with Crippen LogP contribution >= 0.6 is 0 Å². The van der Waals surface area contributed by atoms with E-state index in [1.807, 2.05) is 0 Å². The summed E-state index contributed by atoms with van der Waals surface area (Å²) in [6.07, 6.45) is 0.501. The largest absolute Gasteiger partial charge is 0.481 e. The van der Waals surface area contributed by atoms with Gasteiger partial charge in [0.2, 0.25) is 29.5 Å². The summed E-state index contributed by atoms with van der Waals surface area (Å²) < 4.78 is 0. The molecular weight excluding hydrogens is 450 g/mol. The van der Waals surface area contributed by atoms with Gasteiger partial charge in [0.15, 0.2) is 5.78 Å². The topological polar surface area (TPSA) is 200 Å². The van der Waals surface area contributed by atoms with Crippen molar-refractivity contribution in [2.75, 3.05) is 32.7 Å². The first-order valence-corrected chi connectivity index (χ1v) is 10.9. The van der Waals surface area contributed by atoms with Gasteiger partial charge in [0.1, 0.15) is 0 Å². The Morgan fingerprint density at radius 1 is 0.647 bits per heavy atom. The third kappa shape index (κ3) is 14.5. The summed E-state index contributed by atoms with van der Waals surface area (Å²) in [5, 5.41) is 20.4. The van der Waals surface area contributed by atoms with Gasteiger partial charge in [-0.1, -0.05) is 27.7 Å². The highest BCUT2D eigenvalue weighted by Gasteiger charge is 2.21. The number of carboxylic acid groups (broad SMARTS) is 1. The molecule has 34 heavy (non-hydrogen) atoms. The van der Waals surface area contributed by atoms with Crippen molar-refractivity contribution in [3.8, 4) is 0 Å². The fraction of sp³-hybridized carbons (Fsp3) is 0.667. The Labute approximate surface area is 198 Å². The van der Waals surface area contributed by atoms with E-state index < -0.39 is 59.9 Å². The number of carbonyl (C=O) groups is 7. The molecule has 5 amide bonds. The Hall–Kier alpha value is -3.51. The van der Waals surface area contributed by atoms with Crippen LogP contribution in [-0.4, -0.2) is 79.1 Å². The van der Waals surface area contributed by atoms with E-state index in [0.29, 0.717) is 6.42 Å². The second kappa shape index (κ2) is 15.3. The number of carbonyl (C=O) groups excluding carboxylic acids is 6. The maximum atomic E-state index is 11.7. The van der Waals surface area contributed by atoms with E-state index in [4.69, 9.17) is 5.11 Å². The standard InChI is InChI=1S/C21H35N5O8/c1-5-13(20(33)34)6-7-15(28)23-9-17(30)25-11-19(32)26-12-18(31)24-10-16(29)22-8-14(27)21(2,3)4/h13H,5-12H2,1-4H3,(H,22,29)(H,23,28)(H,24,31)(H,25,30)(H,26,32)(H,33,34)/t13-/m0/s1. The summed E-state index contributed by atoms with van der Waals surface area (Å²) in [6.45, 7) is 5.09. The van der Waals surface area contributed by atoms with Gasteiger partial charge in [0.25, 0.3) is 0 Å². The summed E-state index contributed by atoms with van der Waals surface area (Å²) in [7, 11) is 0. The first-order valence-electron chi connectivity index (χ1n) is 10.9. The lowest BCUT2D eigenvalue weighted by Gasteiger charge is -2.16. The maximum absolute atomic E-state index is 11.7. The van der Waals surface area contributed by atoms with Crippen LogP contribution in [-0.2, 0) is 33.6 Å². The number of ketones is 1. The predicted octanol–water partition coefficient (Wildman–Crippen LogP) is -1.93. The lowest BCUT2D eigenvalue weighted by Crippen LogP contribution is -2.46. The number of hydrogen-bond donors (Lipinski definition) is 6. The van der Waals surface area contributed by atoms with Crippen LogP contribution in [0, 0.1) is 11.3 Å². The molecule has 0 rings (SSSR count). The minimum absolute atomic E-state index is 0.0431. The third-order valence-corrected chi connectivity index (χ3v) is 4.63. The molecule has 6 N–H and O–H groups in total. The molecule has 0 aliphatic carbocycles. The van der Waals surface area contributed by atoms with E-state index in [1.165, 1.54) is 0 Å². The van der Waals surface area contributed by atoms with E-state index in [0.717, 1.165) is 0 Å². The van der Waals surface area contributed by atoms with Crippen LogP contribution in [0.4, 0.5) is 0 Å². The van der Waals surface area contributed by atoms with Crippen molar-refractivity contribution < 1.29 is 38.7 Å². The van der Waals surface area contributed by atoms with Crippen LogP contribution in [0.3, 0.4) is 0 Å². The van der Waals surface area contributed by atoms with E-state index in [1.54, 1.807) is 27.7 Å². The fourth-order valence-electron chi connectivity index (χ4n) is 2.31. The van der Waals surface area contributed by atoms with Gasteiger partial charge in [0.05, 0.1) is 38.6 Å². The first-order chi connectivity index (χ1) is 15.8. The number of carboxylic acids is 1. The maximum Gasteiger partial charge on any atom is 0.306 e. The van der Waals surface area contributed by atoms with Gasteiger partial charge >= 0.3 is 5.97 Å². The Balaban J connectivity index is 4.00. The van der Waals surface area contributed by atoms with E-state index in [-0.39, 0.29) is 38.3 Å². The molecule has 0 saturated heterocycles. The summed E-state index contributed by atoms with van der Waals surface area (Å²) in [4.78, 5) is 81.1. The molecule has 0 aliphatic heterocycles. The van der Waals surface area contributed by atoms with Crippen LogP contribution in [0.1, 0.15) is 47.0 Å². The van der Waals surface area contributed by atoms with Gasteiger partial charge in [-0.3, -0.25) is 33.6 Å². The first kappa shape index (κ1) is 30.5. The number of nitrogens with one attached hydrogen (secondary N) is 5. The molecule has 0 aromatic carbocycles. The SMILES string of the molecule is CC[C@@H](CCC(=O)NCC(=O)NCC(=O)NCC(=O)NCC(=O)NCC(=O)C(C)(C)C)C(=O)O. The average Bonchev–Trinajstić information content (AvgIpc) is 2.76. The summed E-state index contributed by atoms with van der Waals surface area (Å²) in [6, 6.07) is 0. The summed E-state index contributed by atoms with van der Waals surface area (Å²) in [5.74, 6) is -4.76. The van der Waals surface area contributed by atoms with Crippen molar-refractivity contribution in [3.63, 3.8) is 0 Å². The van der Waals surface area contributed by atoms with Gasteiger partial charge in [-0.05, 0) is 12.8 Å². The van der Waals surface area contributed by atoms with Crippen LogP contribution in [0.2, 0.25) is 0 Å². The number of hydrogen-bond acceptors (Lipinski definition) is 7. The minimum Gasteiger partial charge on any atom is -0.481 e. The van der Waals surface area contributed by atoms with Crippen molar-refractivity contribution in [2.24, 2.45) is 11.3 Å². The normalized spacial score (nSPS) is 11.5. The van der Waals surface area contributed by atoms with Crippen LogP contribution in [0.5, 0.6) is 0 Å². The second-order valence-electron chi connectivity index (χ2n) is 8.54. The molecule has 0 saturated carbocycles. The van der Waals surface area contributed by atoms with Crippen LogP contribution in [0.25, 0.3) is 0 Å². The zero-order valence-electron chi connectivity index (χ0n) is 20.0. The highest BCUT2D eigenvalue weighted by molar-refractivity contribution is 5.92. The van der Waals surface area contributed by atoms with Gasteiger partial charge in [0, 0.05) is 11.8 Å². The molecule has 0 bridgehead atoms. The number of rotatable bonds is 15. The molecule has 0 fully saturated rings. The molecule has 0 aromatic heterocycles. The van der Waals surface area contributed by atoms with E-state index >= 15 is 0 Å². The van der Waals surface area contributed by atoms with Crippen molar-refractivity contribution in [3.05, 3.63) is 0 Å². The van der Waals surface area contributed by atoms with Crippen LogP contribution in [0.15, 0.2) is 0 Å². The van der Waals surface area contributed by atoms with Crippen molar-refractivity contribution in [1.82, 2.24) is 26.6 Å². The second-order valence-corrected chi connectivity index (χ2v) is 8.54. The molecule has 0 unspecified atom stereocenters. The highest BCUT2D eigenvalue weighted by Crippen LogP contribution is 2.13. The Kier molecular flexibility index (Phi) is 13.8. The highest BCUT2D eigenvalue weighted by atomic mass is 16.4. The molecular formula is C21H35N5O8. The molecule has 0 radical (unpaired) electrons. The Bertz CT molecular complexity index is 776. The number of amides is 5. The lowest BCUT2D eigenvalue weighted by molar-refractivity contribution is -0.142. The number of aliphatic carboxylic acids is 1. The quantitative estimate of drug-likeness (QED) is 0.154. The summed E-state index contributed by atoms with van der Waals surface area (Å²) in [5.41, 5.74) is -0.595. The zero-order valence-corrected chi connectivity index (χ0v) is 20.0. The van der Waals surface area contributed by atoms with E-state index in [2.05, 4.69) is 26.6 Å². The lowest BCUT2D eigenvalue weighted by atomic mass is 9.91. The van der Waals surface area contributed by atoms with Gasteiger partial charge < -0.3 is 31.7 Å². The third-order valence-electron chi connectivity index (χ3n) is 4.63. The Morgan fingerprint density at radius 2 is 1.00 bits per heavy atom. The molecule has 0 aromatic rings. The summed E-state index contributed by atoms with van der Waals surface area (Å²) >= 11 is 0. The predicted molar refractivity (Wildman–Crippen MR) is 120 cm³/mol. The Morgan fingerprint density at radius 3 is 1.32 bits per heavy atom. The minimum atomic E-state index is -0.983. The average molecular weight is 486 g/mol. The molecule has 192 valence electrons. The molecule has 0 aliphatic rings. The van der Waals surface area contributed by atoms with Crippen LogP contribution < -0.4 is 26.6 Å². The fourth-order valence-corrected chi connectivity index (χ4v) is 2.31. The monoisotopic (exact) mass is 485 g/mol. The zero-order chi connectivity index (χ0) is 26.3. The number of Topliss-reactive ketones (excluding diaryl/α,β-unsaturated/α-hetero) is 1. The van der Waals surface area contributed by atoms with Crippen molar-refractivity contribution in [2.45, 2.75) is 47.0 Å². The van der Waals surface area contributed by atoms with Gasteiger partial charge in [-0.15, -0.1) is 0 Å². The van der Waals surface area contributed by atoms with E-state index in [9.17, 15) is 33.6 Å². The molecule has 13 nitrogen and oxygen atoms in total. The smallest absolute Gasteiger partial charge is 0.306 e. The van der Waals surface area contributed by atoms with Crippen molar-refractivity contribution in [1.29, 1.82) is 0 Å². The van der Waals surface area contributed by atoms with Crippen molar-refractivity contribution >= 4 is 41.3 Å². The molecule has 0 heterocycles. The molecule has 1 atom stereocenters. The van der Waals surface area contributed by atoms with Gasteiger partial charge in [-0.25, -0.2) is 0 Å². The molecule has 13 heteroatoms.